The Balaban J connectivity index is 2.01. The molecule has 0 radical (unpaired) electrons. The van der Waals surface area contributed by atoms with E-state index in [1.165, 1.54) is 0 Å². The number of benzene rings is 1. The van der Waals surface area contributed by atoms with Crippen LogP contribution >= 0.6 is 0 Å². The fourth-order valence-corrected chi connectivity index (χ4v) is 3.37. The molecule has 0 aromatic heterocycles. The molecule has 5 nitrogen and oxygen atoms in total. The number of hydrogen-bond acceptors (Lipinski definition) is 5. The lowest BCUT2D eigenvalue weighted by Gasteiger charge is -2.26. The second kappa shape index (κ2) is 5.79. The van der Waals surface area contributed by atoms with Gasteiger partial charge < -0.3 is 9.84 Å². The van der Waals surface area contributed by atoms with E-state index >= 15 is 0 Å². The zero-order chi connectivity index (χ0) is 13.9. The molecule has 0 amide bonds. The summed E-state index contributed by atoms with van der Waals surface area (Å²) < 4.78 is 28.0. The molecule has 0 atom stereocenters. The molecule has 0 aliphatic carbocycles. The lowest BCUT2D eigenvalue weighted by atomic mass is 10.2. The van der Waals surface area contributed by atoms with Gasteiger partial charge in [0.2, 0.25) is 0 Å². The van der Waals surface area contributed by atoms with Gasteiger partial charge in [0.15, 0.2) is 21.3 Å². The lowest BCUT2D eigenvalue weighted by Crippen LogP contribution is -2.39. The second-order valence-corrected chi connectivity index (χ2v) is 6.97. The van der Waals surface area contributed by atoms with Crippen molar-refractivity contribution in [2.45, 2.75) is 13.5 Å². The summed E-state index contributed by atoms with van der Waals surface area (Å²) in [5, 5.41) is 9.62. The monoisotopic (exact) mass is 285 g/mol. The molecule has 0 spiro atoms. The van der Waals surface area contributed by atoms with E-state index in [1.54, 1.807) is 6.07 Å². The number of phenolic OH excluding ortho intramolecular Hbond substituents is 1. The summed E-state index contributed by atoms with van der Waals surface area (Å²) in [4.78, 5) is 2.10. The van der Waals surface area contributed by atoms with Crippen molar-refractivity contribution in [2.24, 2.45) is 0 Å². The number of sulfone groups is 1. The predicted molar refractivity (Wildman–Crippen MR) is 73.2 cm³/mol. The van der Waals surface area contributed by atoms with Crippen LogP contribution in [0.25, 0.3) is 0 Å². The fourth-order valence-electron chi connectivity index (χ4n) is 2.09. The average Bonchev–Trinajstić information content (AvgIpc) is 2.36. The Morgan fingerprint density at radius 1 is 1.32 bits per heavy atom. The SMILES string of the molecule is CCOc1cc(CN2CCS(=O)(=O)CC2)ccc1O. The number of aromatic hydroxyl groups is 1. The van der Waals surface area contributed by atoms with E-state index in [-0.39, 0.29) is 17.3 Å². The molecule has 1 fully saturated rings. The smallest absolute Gasteiger partial charge is 0.161 e. The summed E-state index contributed by atoms with van der Waals surface area (Å²) in [6.45, 7) is 4.16. The number of phenols is 1. The van der Waals surface area contributed by atoms with Gasteiger partial charge in [-0.25, -0.2) is 8.42 Å². The van der Waals surface area contributed by atoms with Crippen molar-refractivity contribution in [2.75, 3.05) is 31.2 Å². The molecule has 0 saturated carbocycles. The quantitative estimate of drug-likeness (QED) is 0.894. The van der Waals surface area contributed by atoms with Crippen LogP contribution in [0.4, 0.5) is 0 Å². The Bertz CT molecular complexity index is 528. The lowest BCUT2D eigenvalue weighted by molar-refractivity contribution is 0.285. The van der Waals surface area contributed by atoms with Crippen LogP contribution in [0.15, 0.2) is 18.2 Å². The first kappa shape index (κ1) is 14.1. The van der Waals surface area contributed by atoms with E-state index in [0.717, 1.165) is 5.56 Å². The number of rotatable bonds is 4. The predicted octanol–water partition coefficient (Wildman–Crippen LogP) is 1.02. The molecule has 1 aliphatic rings. The Morgan fingerprint density at radius 2 is 2.00 bits per heavy atom. The maximum absolute atomic E-state index is 11.4. The van der Waals surface area contributed by atoms with Gasteiger partial charge in [0.05, 0.1) is 18.1 Å². The first-order valence-electron chi connectivity index (χ1n) is 6.37. The van der Waals surface area contributed by atoms with Crippen molar-refractivity contribution in [1.29, 1.82) is 0 Å². The van der Waals surface area contributed by atoms with Crippen LogP contribution in [0, 0.1) is 0 Å². The molecule has 1 aromatic carbocycles. The summed E-state index contributed by atoms with van der Waals surface area (Å²) in [7, 11) is -2.84. The van der Waals surface area contributed by atoms with Gasteiger partial charge in [-0.3, -0.25) is 4.90 Å². The minimum absolute atomic E-state index is 0.131. The Morgan fingerprint density at radius 3 is 2.63 bits per heavy atom. The third-order valence-electron chi connectivity index (χ3n) is 3.17. The van der Waals surface area contributed by atoms with Crippen LogP contribution in [0.3, 0.4) is 0 Å². The molecule has 1 aliphatic heterocycles. The van der Waals surface area contributed by atoms with Crippen LogP contribution in [0.5, 0.6) is 11.5 Å². The van der Waals surface area contributed by atoms with Crippen molar-refractivity contribution >= 4 is 9.84 Å². The molecule has 19 heavy (non-hydrogen) atoms. The third kappa shape index (κ3) is 3.84. The van der Waals surface area contributed by atoms with Crippen molar-refractivity contribution in [3.63, 3.8) is 0 Å². The number of nitrogens with zero attached hydrogens (tertiary/aromatic N) is 1. The summed E-state index contributed by atoms with van der Waals surface area (Å²) in [5.74, 6) is 1.06. The molecule has 0 unspecified atom stereocenters. The third-order valence-corrected chi connectivity index (χ3v) is 4.78. The van der Waals surface area contributed by atoms with E-state index in [1.807, 2.05) is 19.1 Å². The maximum Gasteiger partial charge on any atom is 0.161 e. The van der Waals surface area contributed by atoms with Crippen LogP contribution in [0.2, 0.25) is 0 Å². The summed E-state index contributed by atoms with van der Waals surface area (Å²) in [6.07, 6.45) is 0. The molecule has 6 heteroatoms. The first-order chi connectivity index (χ1) is 9.00. The van der Waals surface area contributed by atoms with Crippen molar-refractivity contribution in [3.05, 3.63) is 23.8 Å². The molecule has 1 saturated heterocycles. The largest absolute Gasteiger partial charge is 0.504 e. The molecule has 1 aromatic rings. The van der Waals surface area contributed by atoms with Gasteiger partial charge in [-0.15, -0.1) is 0 Å². The minimum Gasteiger partial charge on any atom is -0.504 e. The van der Waals surface area contributed by atoms with Gasteiger partial charge in [-0.2, -0.15) is 0 Å². The van der Waals surface area contributed by atoms with E-state index in [0.29, 0.717) is 32.0 Å². The van der Waals surface area contributed by atoms with E-state index in [4.69, 9.17) is 4.74 Å². The van der Waals surface area contributed by atoms with Gasteiger partial charge in [0, 0.05) is 19.6 Å². The molecular weight excluding hydrogens is 266 g/mol. The topological polar surface area (TPSA) is 66.8 Å². The normalized spacial score (nSPS) is 19.2. The van der Waals surface area contributed by atoms with Crippen LogP contribution in [-0.2, 0) is 16.4 Å². The molecular formula is C13H19NO4S. The van der Waals surface area contributed by atoms with Gasteiger partial charge in [-0.05, 0) is 24.6 Å². The highest BCUT2D eigenvalue weighted by Gasteiger charge is 2.21. The van der Waals surface area contributed by atoms with Gasteiger partial charge in [0.1, 0.15) is 0 Å². The highest BCUT2D eigenvalue weighted by atomic mass is 32.2. The van der Waals surface area contributed by atoms with Crippen LogP contribution < -0.4 is 4.74 Å². The summed E-state index contributed by atoms with van der Waals surface area (Å²) in [5.41, 5.74) is 1.01. The zero-order valence-corrected chi connectivity index (χ0v) is 11.8. The molecule has 106 valence electrons. The van der Waals surface area contributed by atoms with Crippen molar-refractivity contribution < 1.29 is 18.3 Å². The highest BCUT2D eigenvalue weighted by molar-refractivity contribution is 7.91. The van der Waals surface area contributed by atoms with E-state index in [9.17, 15) is 13.5 Å². The molecule has 1 N–H and O–H groups in total. The average molecular weight is 285 g/mol. The van der Waals surface area contributed by atoms with E-state index in [2.05, 4.69) is 4.90 Å². The molecule has 2 rings (SSSR count). The Kier molecular flexibility index (Phi) is 4.31. The fraction of sp³-hybridized carbons (Fsp3) is 0.538. The Hall–Kier alpha value is -1.27. The Labute approximate surface area is 113 Å². The van der Waals surface area contributed by atoms with Gasteiger partial charge in [0.25, 0.3) is 0 Å². The molecule has 0 bridgehead atoms. The number of ether oxygens (including phenoxy) is 1. The van der Waals surface area contributed by atoms with Gasteiger partial charge in [-0.1, -0.05) is 6.07 Å². The van der Waals surface area contributed by atoms with Crippen molar-refractivity contribution in [1.82, 2.24) is 4.90 Å². The maximum atomic E-state index is 11.4. The van der Waals surface area contributed by atoms with Crippen LogP contribution in [-0.4, -0.2) is 49.6 Å². The second-order valence-electron chi connectivity index (χ2n) is 4.66. The summed E-state index contributed by atoms with van der Waals surface area (Å²) >= 11 is 0. The highest BCUT2D eigenvalue weighted by Crippen LogP contribution is 2.27. The van der Waals surface area contributed by atoms with Gasteiger partial charge >= 0.3 is 0 Å². The minimum atomic E-state index is -2.84. The standard InChI is InChI=1S/C13H19NO4S/c1-2-18-13-9-11(3-4-12(13)15)10-14-5-7-19(16,17)8-6-14/h3-4,9,15H,2,5-8,10H2,1H3. The van der Waals surface area contributed by atoms with Crippen LogP contribution in [0.1, 0.15) is 12.5 Å². The zero-order valence-electron chi connectivity index (χ0n) is 11.0. The van der Waals surface area contributed by atoms with E-state index < -0.39 is 9.84 Å². The molecule has 1 heterocycles. The number of hydrogen-bond donors (Lipinski definition) is 1. The first-order valence-corrected chi connectivity index (χ1v) is 8.20. The van der Waals surface area contributed by atoms with Crippen molar-refractivity contribution in [3.8, 4) is 11.5 Å². The summed E-state index contributed by atoms with van der Waals surface area (Å²) in [6, 6.07) is 5.25.